The number of rotatable bonds is 3. The lowest BCUT2D eigenvalue weighted by Gasteiger charge is -2.22. The summed E-state index contributed by atoms with van der Waals surface area (Å²) in [4.78, 5) is 12.2. The highest BCUT2D eigenvalue weighted by molar-refractivity contribution is 7.99. The Morgan fingerprint density at radius 2 is 2.11 bits per heavy atom. The molecule has 1 aromatic rings. The zero-order valence-electron chi connectivity index (χ0n) is 11.0. The highest BCUT2D eigenvalue weighted by atomic mass is 32.2. The summed E-state index contributed by atoms with van der Waals surface area (Å²) in [5, 5.41) is 6.42. The lowest BCUT2D eigenvalue weighted by Crippen LogP contribution is -2.41. The van der Waals surface area contributed by atoms with Crippen LogP contribution in [0.15, 0.2) is 24.3 Å². The van der Waals surface area contributed by atoms with Gasteiger partial charge in [0.2, 0.25) is 5.91 Å². The fourth-order valence-corrected chi connectivity index (χ4v) is 3.98. The van der Waals surface area contributed by atoms with E-state index in [1.54, 1.807) is 0 Å². The highest BCUT2D eigenvalue weighted by Crippen LogP contribution is 2.25. The number of amides is 1. The molecule has 1 fully saturated rings. The van der Waals surface area contributed by atoms with Crippen LogP contribution in [0.4, 0.5) is 5.69 Å². The van der Waals surface area contributed by atoms with Gasteiger partial charge in [-0.25, -0.2) is 0 Å². The molecule has 2 aliphatic rings. The van der Waals surface area contributed by atoms with E-state index in [0.717, 1.165) is 18.7 Å². The molecule has 102 valence electrons. The van der Waals surface area contributed by atoms with E-state index in [4.69, 9.17) is 0 Å². The lowest BCUT2D eigenvalue weighted by atomic mass is 10.0. The van der Waals surface area contributed by atoms with Gasteiger partial charge in [0.05, 0.1) is 0 Å². The normalized spacial score (nSPS) is 22.6. The molecule has 1 saturated heterocycles. The first-order valence-electron chi connectivity index (χ1n) is 7.03. The van der Waals surface area contributed by atoms with Crippen molar-refractivity contribution in [3.8, 4) is 0 Å². The minimum Gasteiger partial charge on any atom is -0.373 e. The summed E-state index contributed by atoms with van der Waals surface area (Å²) in [5.74, 6) is 3.31. The SMILES string of the molecule is O=C(NCC1CCSCC1)[C@@H]1Cc2ccccc2N1. The van der Waals surface area contributed by atoms with Gasteiger partial charge in [-0.1, -0.05) is 18.2 Å². The van der Waals surface area contributed by atoms with Crippen molar-refractivity contribution in [2.45, 2.75) is 25.3 Å². The van der Waals surface area contributed by atoms with E-state index in [0.29, 0.717) is 5.92 Å². The van der Waals surface area contributed by atoms with Gasteiger partial charge in [0.25, 0.3) is 0 Å². The van der Waals surface area contributed by atoms with E-state index in [-0.39, 0.29) is 11.9 Å². The van der Waals surface area contributed by atoms with Crippen LogP contribution in [0.2, 0.25) is 0 Å². The van der Waals surface area contributed by atoms with Crippen LogP contribution in [0.3, 0.4) is 0 Å². The average molecular weight is 276 g/mol. The van der Waals surface area contributed by atoms with Crippen LogP contribution >= 0.6 is 11.8 Å². The van der Waals surface area contributed by atoms with E-state index in [9.17, 15) is 4.79 Å². The zero-order valence-corrected chi connectivity index (χ0v) is 11.8. The Balaban J connectivity index is 1.49. The largest absolute Gasteiger partial charge is 0.373 e. The van der Waals surface area contributed by atoms with Crippen molar-refractivity contribution in [2.24, 2.45) is 5.92 Å². The van der Waals surface area contributed by atoms with E-state index >= 15 is 0 Å². The van der Waals surface area contributed by atoms with E-state index in [1.165, 1.54) is 29.9 Å². The van der Waals surface area contributed by atoms with Gasteiger partial charge in [0, 0.05) is 18.7 Å². The molecule has 19 heavy (non-hydrogen) atoms. The van der Waals surface area contributed by atoms with Gasteiger partial charge in [-0.2, -0.15) is 11.8 Å². The summed E-state index contributed by atoms with van der Waals surface area (Å²) in [5.41, 5.74) is 2.36. The summed E-state index contributed by atoms with van der Waals surface area (Å²) in [6, 6.07) is 8.08. The Kier molecular flexibility index (Phi) is 3.97. The monoisotopic (exact) mass is 276 g/mol. The molecule has 0 aliphatic carbocycles. The third-order valence-corrected chi connectivity index (χ3v) is 5.04. The molecular formula is C15H20N2OS. The molecule has 1 atom stereocenters. The van der Waals surface area contributed by atoms with Crippen molar-refractivity contribution >= 4 is 23.4 Å². The number of hydrogen-bond donors (Lipinski definition) is 2. The number of carbonyl (C=O) groups is 1. The topological polar surface area (TPSA) is 41.1 Å². The molecule has 1 aromatic carbocycles. The molecule has 0 aromatic heterocycles. The van der Waals surface area contributed by atoms with Crippen molar-refractivity contribution in [3.05, 3.63) is 29.8 Å². The third kappa shape index (κ3) is 3.06. The van der Waals surface area contributed by atoms with Gasteiger partial charge >= 0.3 is 0 Å². The third-order valence-electron chi connectivity index (χ3n) is 3.99. The molecule has 2 N–H and O–H groups in total. The maximum atomic E-state index is 12.2. The molecule has 3 nitrogen and oxygen atoms in total. The summed E-state index contributed by atoms with van der Waals surface area (Å²) < 4.78 is 0. The van der Waals surface area contributed by atoms with Crippen molar-refractivity contribution in [3.63, 3.8) is 0 Å². The van der Waals surface area contributed by atoms with Gasteiger partial charge in [0.1, 0.15) is 6.04 Å². The van der Waals surface area contributed by atoms with Crippen molar-refractivity contribution < 1.29 is 4.79 Å². The lowest BCUT2D eigenvalue weighted by molar-refractivity contribution is -0.121. The molecule has 0 saturated carbocycles. The molecule has 1 amide bonds. The van der Waals surface area contributed by atoms with Crippen LogP contribution in [0, 0.1) is 5.92 Å². The standard InChI is InChI=1S/C15H20N2OS/c18-15(16-10-11-5-7-19-8-6-11)14-9-12-3-1-2-4-13(12)17-14/h1-4,11,14,17H,5-10H2,(H,16,18)/t14-/m0/s1. The quantitative estimate of drug-likeness (QED) is 0.890. The maximum Gasteiger partial charge on any atom is 0.242 e. The Hall–Kier alpha value is -1.16. The van der Waals surface area contributed by atoms with E-state index in [1.807, 2.05) is 30.0 Å². The Bertz CT molecular complexity index is 432. The zero-order chi connectivity index (χ0) is 13.1. The molecule has 0 bridgehead atoms. The number of thioether (sulfide) groups is 1. The van der Waals surface area contributed by atoms with Crippen LogP contribution in [0.5, 0.6) is 0 Å². The number of benzene rings is 1. The van der Waals surface area contributed by atoms with Crippen LogP contribution in [0.25, 0.3) is 0 Å². The number of nitrogens with one attached hydrogen (secondary N) is 2. The Labute approximate surface area is 118 Å². The molecule has 0 spiro atoms. The summed E-state index contributed by atoms with van der Waals surface area (Å²) in [6.07, 6.45) is 3.29. The second kappa shape index (κ2) is 5.87. The van der Waals surface area contributed by atoms with Gasteiger partial charge in [-0.15, -0.1) is 0 Å². The van der Waals surface area contributed by atoms with Crippen LogP contribution in [0.1, 0.15) is 18.4 Å². The smallest absolute Gasteiger partial charge is 0.242 e. The first kappa shape index (κ1) is 12.9. The molecule has 3 rings (SSSR count). The number of hydrogen-bond acceptors (Lipinski definition) is 3. The number of para-hydroxylation sites is 1. The van der Waals surface area contributed by atoms with E-state index < -0.39 is 0 Å². The van der Waals surface area contributed by atoms with Crippen molar-refractivity contribution in [1.29, 1.82) is 0 Å². The molecule has 2 aliphatic heterocycles. The minimum atomic E-state index is -0.0876. The van der Waals surface area contributed by atoms with Gasteiger partial charge in [-0.3, -0.25) is 4.79 Å². The highest BCUT2D eigenvalue weighted by Gasteiger charge is 2.26. The van der Waals surface area contributed by atoms with Crippen LogP contribution < -0.4 is 10.6 Å². The molecule has 4 heteroatoms. The Morgan fingerprint density at radius 1 is 1.32 bits per heavy atom. The first-order valence-corrected chi connectivity index (χ1v) is 8.18. The van der Waals surface area contributed by atoms with E-state index in [2.05, 4.69) is 16.7 Å². The molecule has 0 radical (unpaired) electrons. The summed E-state index contributed by atoms with van der Waals surface area (Å²) in [6.45, 7) is 0.841. The fourth-order valence-electron chi connectivity index (χ4n) is 2.77. The number of fused-ring (bicyclic) bond motifs is 1. The fraction of sp³-hybridized carbons (Fsp3) is 0.533. The molecular weight excluding hydrogens is 256 g/mol. The molecule has 0 unspecified atom stereocenters. The van der Waals surface area contributed by atoms with Crippen LogP contribution in [-0.4, -0.2) is 30.0 Å². The minimum absolute atomic E-state index is 0.0876. The van der Waals surface area contributed by atoms with Gasteiger partial charge in [0.15, 0.2) is 0 Å². The predicted octanol–water partition coefficient (Wildman–Crippen LogP) is 2.28. The summed E-state index contributed by atoms with van der Waals surface area (Å²) >= 11 is 2.02. The van der Waals surface area contributed by atoms with Gasteiger partial charge < -0.3 is 10.6 Å². The number of anilines is 1. The maximum absolute atomic E-state index is 12.2. The molecule has 2 heterocycles. The van der Waals surface area contributed by atoms with Crippen molar-refractivity contribution in [1.82, 2.24) is 5.32 Å². The van der Waals surface area contributed by atoms with Gasteiger partial charge in [-0.05, 0) is 41.9 Å². The van der Waals surface area contributed by atoms with Crippen molar-refractivity contribution in [2.75, 3.05) is 23.4 Å². The van der Waals surface area contributed by atoms with Crippen LogP contribution in [-0.2, 0) is 11.2 Å². The Morgan fingerprint density at radius 3 is 2.89 bits per heavy atom. The predicted molar refractivity (Wildman–Crippen MR) is 80.6 cm³/mol. The number of carbonyl (C=O) groups excluding carboxylic acids is 1. The second-order valence-electron chi connectivity index (χ2n) is 5.36. The first-order chi connectivity index (χ1) is 9.33. The second-order valence-corrected chi connectivity index (χ2v) is 6.58. The average Bonchev–Trinajstić information content (AvgIpc) is 2.90. The summed E-state index contributed by atoms with van der Waals surface area (Å²) in [7, 11) is 0.